The van der Waals surface area contributed by atoms with Crippen LogP contribution in [0.2, 0.25) is 5.02 Å². The molecule has 3 fully saturated rings. The number of halogens is 1. The number of guanidine groups is 1. The molecule has 2 N–H and O–H groups in total. The minimum atomic E-state index is 0.225. The minimum absolute atomic E-state index is 0.225. The van der Waals surface area contributed by atoms with Gasteiger partial charge in [0.1, 0.15) is 5.82 Å². The number of hydrogen-bond acceptors (Lipinski definition) is 5. The third kappa shape index (κ3) is 5.01. The highest BCUT2D eigenvalue weighted by atomic mass is 35.5. The second kappa shape index (κ2) is 10.2. The van der Waals surface area contributed by atoms with E-state index in [0.29, 0.717) is 11.1 Å². The number of hydrogen-bond donors (Lipinski definition) is 2. The summed E-state index contributed by atoms with van der Waals surface area (Å²) >= 11 is 6.34. The number of aliphatic imine (C=N–C) groups is 1. The zero-order chi connectivity index (χ0) is 20.8. The molecule has 3 heterocycles. The first-order valence-electron chi connectivity index (χ1n) is 11.4. The highest BCUT2D eigenvalue weighted by Crippen LogP contribution is 2.34. The van der Waals surface area contributed by atoms with E-state index in [2.05, 4.69) is 30.4 Å². The van der Waals surface area contributed by atoms with Crippen molar-refractivity contribution in [3.05, 3.63) is 23.4 Å². The van der Waals surface area contributed by atoms with Crippen LogP contribution >= 0.6 is 11.6 Å². The Hall–Kier alpha value is -1.57. The number of morpholine rings is 1. The van der Waals surface area contributed by atoms with E-state index in [1.165, 1.54) is 32.1 Å². The van der Waals surface area contributed by atoms with Crippen LogP contribution in [0.25, 0.3) is 0 Å². The predicted molar refractivity (Wildman–Crippen MR) is 123 cm³/mol. The molecule has 1 atom stereocenters. The third-order valence-corrected chi connectivity index (χ3v) is 7.14. The first-order chi connectivity index (χ1) is 14.7. The Balaban J connectivity index is 1.33. The summed E-state index contributed by atoms with van der Waals surface area (Å²) in [6.45, 7) is 6.54. The number of nitrogens with one attached hydrogen (secondary N) is 2. The van der Waals surface area contributed by atoms with Gasteiger partial charge in [-0.1, -0.05) is 30.9 Å². The first-order valence-corrected chi connectivity index (χ1v) is 11.7. The Morgan fingerprint density at radius 2 is 2.07 bits per heavy atom. The van der Waals surface area contributed by atoms with Crippen molar-refractivity contribution in [2.24, 2.45) is 4.99 Å². The number of aromatic nitrogens is 1. The van der Waals surface area contributed by atoms with Gasteiger partial charge < -0.3 is 20.3 Å². The molecule has 1 unspecified atom stereocenters. The van der Waals surface area contributed by atoms with Gasteiger partial charge in [0.25, 0.3) is 0 Å². The van der Waals surface area contributed by atoms with Crippen LogP contribution in [0.4, 0.5) is 5.82 Å². The van der Waals surface area contributed by atoms with Gasteiger partial charge in [-0.2, -0.15) is 0 Å². The molecule has 30 heavy (non-hydrogen) atoms. The maximum atomic E-state index is 6.34. The average molecular weight is 435 g/mol. The zero-order valence-corrected chi connectivity index (χ0v) is 18.8. The average Bonchev–Trinajstić information content (AvgIpc) is 3.26. The maximum absolute atomic E-state index is 6.34. The van der Waals surface area contributed by atoms with Gasteiger partial charge in [0.15, 0.2) is 5.96 Å². The van der Waals surface area contributed by atoms with Gasteiger partial charge in [0.2, 0.25) is 0 Å². The Morgan fingerprint density at radius 1 is 1.27 bits per heavy atom. The van der Waals surface area contributed by atoms with E-state index in [1.807, 2.05) is 19.2 Å². The number of anilines is 1. The van der Waals surface area contributed by atoms with Gasteiger partial charge >= 0.3 is 0 Å². The Kier molecular flexibility index (Phi) is 7.33. The molecule has 3 aliphatic rings. The number of nitrogens with zero attached hydrogens (tertiary/aromatic N) is 4. The molecule has 2 aliphatic heterocycles. The summed E-state index contributed by atoms with van der Waals surface area (Å²) < 4.78 is 5.61. The van der Waals surface area contributed by atoms with Gasteiger partial charge in [0, 0.05) is 57.5 Å². The molecule has 0 radical (unpaired) electrons. The van der Waals surface area contributed by atoms with Crippen molar-refractivity contribution in [1.29, 1.82) is 0 Å². The zero-order valence-electron chi connectivity index (χ0n) is 18.1. The lowest BCUT2D eigenvalue weighted by Gasteiger charge is -2.48. The van der Waals surface area contributed by atoms with Gasteiger partial charge in [0.05, 0.1) is 18.2 Å². The summed E-state index contributed by atoms with van der Waals surface area (Å²) in [4.78, 5) is 13.9. The van der Waals surface area contributed by atoms with E-state index in [9.17, 15) is 0 Å². The quantitative estimate of drug-likeness (QED) is 0.548. The highest BCUT2D eigenvalue weighted by Gasteiger charge is 2.38. The fourth-order valence-electron chi connectivity index (χ4n) is 5.17. The van der Waals surface area contributed by atoms with Crippen molar-refractivity contribution in [3.63, 3.8) is 0 Å². The number of ether oxygens (including phenoxy) is 1. The normalized spacial score (nSPS) is 25.3. The minimum Gasteiger partial charge on any atom is -0.379 e. The predicted octanol–water partition coefficient (Wildman–Crippen LogP) is 2.51. The molecular formula is C22H35ClN6O. The molecule has 0 spiro atoms. The molecule has 0 aromatic carbocycles. The van der Waals surface area contributed by atoms with Crippen LogP contribution in [0.15, 0.2) is 23.3 Å². The molecule has 8 heteroatoms. The molecule has 1 saturated carbocycles. The number of rotatable bonds is 5. The maximum Gasteiger partial charge on any atom is 0.191 e. The molecule has 7 nitrogen and oxygen atoms in total. The molecular weight excluding hydrogens is 400 g/mol. The van der Waals surface area contributed by atoms with E-state index >= 15 is 0 Å². The topological polar surface area (TPSA) is 65.0 Å². The Morgan fingerprint density at radius 3 is 2.80 bits per heavy atom. The van der Waals surface area contributed by atoms with E-state index in [0.717, 1.165) is 64.1 Å². The van der Waals surface area contributed by atoms with E-state index in [4.69, 9.17) is 16.3 Å². The van der Waals surface area contributed by atoms with Crippen molar-refractivity contribution in [2.75, 3.05) is 57.9 Å². The van der Waals surface area contributed by atoms with Crippen molar-refractivity contribution in [1.82, 2.24) is 20.5 Å². The molecule has 2 saturated heterocycles. The van der Waals surface area contributed by atoms with Gasteiger partial charge in [-0.15, -0.1) is 0 Å². The molecule has 0 bridgehead atoms. The third-order valence-electron chi connectivity index (χ3n) is 6.84. The lowest BCUT2D eigenvalue weighted by molar-refractivity contribution is -0.0352. The van der Waals surface area contributed by atoms with Gasteiger partial charge in [-0.25, -0.2) is 4.98 Å². The fourth-order valence-corrected chi connectivity index (χ4v) is 5.41. The van der Waals surface area contributed by atoms with Crippen LogP contribution < -0.4 is 15.5 Å². The lowest BCUT2D eigenvalue weighted by Crippen LogP contribution is -2.61. The molecule has 1 aliphatic carbocycles. The van der Waals surface area contributed by atoms with E-state index in [-0.39, 0.29) is 5.54 Å². The van der Waals surface area contributed by atoms with Crippen LogP contribution in [-0.2, 0) is 4.74 Å². The van der Waals surface area contributed by atoms with Gasteiger partial charge in [-0.05, 0) is 31.4 Å². The lowest BCUT2D eigenvalue weighted by atomic mass is 9.80. The summed E-state index contributed by atoms with van der Waals surface area (Å²) in [5, 5.41) is 8.01. The standard InChI is InChI=1S/C22H35ClN6O/c1-24-21(27-18-7-11-28(16-18)20-19(23)6-5-10-25-20)26-17-22(8-3-2-4-9-22)29-12-14-30-15-13-29/h5-6,10,18H,2-4,7-9,11-17H2,1H3,(H2,24,26,27). The molecule has 1 aromatic heterocycles. The van der Waals surface area contributed by atoms with Crippen molar-refractivity contribution in [2.45, 2.75) is 50.1 Å². The van der Waals surface area contributed by atoms with Crippen molar-refractivity contribution in [3.8, 4) is 0 Å². The van der Waals surface area contributed by atoms with Gasteiger partial charge in [-0.3, -0.25) is 9.89 Å². The monoisotopic (exact) mass is 434 g/mol. The van der Waals surface area contributed by atoms with Crippen LogP contribution in [0, 0.1) is 0 Å². The van der Waals surface area contributed by atoms with E-state index < -0.39 is 0 Å². The van der Waals surface area contributed by atoms with Crippen molar-refractivity contribution < 1.29 is 4.74 Å². The Labute approximate surface area is 185 Å². The second-order valence-electron chi connectivity index (χ2n) is 8.69. The summed E-state index contributed by atoms with van der Waals surface area (Å²) in [5.41, 5.74) is 0.225. The smallest absolute Gasteiger partial charge is 0.191 e. The fraction of sp³-hybridized carbons (Fsp3) is 0.727. The van der Waals surface area contributed by atoms with E-state index in [1.54, 1.807) is 6.20 Å². The first kappa shape index (κ1) is 21.7. The molecule has 166 valence electrons. The summed E-state index contributed by atoms with van der Waals surface area (Å²) in [6.07, 6.45) is 9.34. The van der Waals surface area contributed by atoms with Crippen LogP contribution in [0.3, 0.4) is 0 Å². The summed E-state index contributed by atoms with van der Waals surface area (Å²) in [6, 6.07) is 4.11. The number of pyridine rings is 1. The molecule has 1 aromatic rings. The van der Waals surface area contributed by atoms with Crippen LogP contribution in [0.5, 0.6) is 0 Å². The SMILES string of the molecule is CN=C(NCC1(N2CCOCC2)CCCCC1)NC1CCN(c2ncccc2Cl)C1. The Bertz CT molecular complexity index is 717. The summed E-state index contributed by atoms with van der Waals surface area (Å²) in [5.74, 6) is 1.77. The van der Waals surface area contributed by atoms with Crippen molar-refractivity contribution >= 4 is 23.4 Å². The molecule has 4 rings (SSSR count). The highest BCUT2D eigenvalue weighted by molar-refractivity contribution is 6.32. The largest absolute Gasteiger partial charge is 0.379 e. The van der Waals surface area contributed by atoms with Crippen LogP contribution in [0.1, 0.15) is 38.5 Å². The molecule has 0 amide bonds. The second-order valence-corrected chi connectivity index (χ2v) is 9.10. The van der Waals surface area contributed by atoms with Crippen LogP contribution in [-0.4, -0.2) is 80.4 Å². The summed E-state index contributed by atoms with van der Waals surface area (Å²) in [7, 11) is 1.86.